The van der Waals surface area contributed by atoms with Crippen LogP contribution < -0.4 is 14.8 Å². The second-order valence-electron chi connectivity index (χ2n) is 5.63. The molecule has 1 saturated heterocycles. The largest absolute Gasteiger partial charge is 0.497 e. The molecule has 0 unspecified atom stereocenters. The van der Waals surface area contributed by atoms with Gasteiger partial charge in [-0.2, -0.15) is 0 Å². The van der Waals surface area contributed by atoms with Crippen LogP contribution in [0.3, 0.4) is 0 Å². The molecule has 8 heteroatoms. The zero-order valence-corrected chi connectivity index (χ0v) is 16.3. The minimum atomic E-state index is -0.407. The lowest BCUT2D eigenvalue weighted by molar-refractivity contribution is -0.115. The normalized spacial score (nSPS) is 16.2. The van der Waals surface area contributed by atoms with Gasteiger partial charge in [-0.25, -0.2) is 9.79 Å². The Morgan fingerprint density at radius 2 is 1.82 bits per heavy atom. The zero-order valence-electron chi connectivity index (χ0n) is 15.5. The van der Waals surface area contributed by atoms with Crippen molar-refractivity contribution >= 4 is 40.6 Å². The summed E-state index contributed by atoms with van der Waals surface area (Å²) >= 11 is 1.22. The number of hydrogen-bond acceptors (Lipinski definition) is 7. The van der Waals surface area contributed by atoms with Crippen molar-refractivity contribution in [1.82, 2.24) is 5.32 Å². The van der Waals surface area contributed by atoms with Crippen LogP contribution in [0.5, 0.6) is 11.5 Å². The molecule has 1 fully saturated rings. The molecule has 0 saturated carbocycles. The number of nitrogens with one attached hydrogen (secondary N) is 1. The average molecular weight is 398 g/mol. The standard InChI is InChI=1S/C20H18N2O5S/c1-25-14-8-9-15(16(11-14)26-2)21-20-22-18(23)17(28-20)10-12-4-6-13(7-5-12)19(24)27-3/h4-11H,1-3H3,(H,21,22,23)/b17-10-. The molecule has 2 aromatic carbocycles. The van der Waals surface area contributed by atoms with E-state index in [1.807, 2.05) is 0 Å². The van der Waals surface area contributed by atoms with Crippen molar-refractivity contribution < 1.29 is 23.8 Å². The third-order valence-electron chi connectivity index (χ3n) is 3.89. The minimum Gasteiger partial charge on any atom is -0.497 e. The molecule has 144 valence electrons. The first-order valence-corrected chi connectivity index (χ1v) is 9.05. The number of nitrogens with zero attached hydrogens (tertiary/aromatic N) is 1. The number of aliphatic imine (C=N–C) groups is 1. The van der Waals surface area contributed by atoms with Gasteiger partial charge in [0.2, 0.25) is 0 Å². The molecule has 0 bridgehead atoms. The summed E-state index contributed by atoms with van der Waals surface area (Å²) in [5, 5.41) is 3.19. The fourth-order valence-corrected chi connectivity index (χ4v) is 3.29. The van der Waals surface area contributed by atoms with Crippen LogP contribution in [0.1, 0.15) is 15.9 Å². The highest BCUT2D eigenvalue weighted by Gasteiger charge is 2.24. The van der Waals surface area contributed by atoms with E-state index < -0.39 is 5.97 Å². The van der Waals surface area contributed by atoms with E-state index in [1.165, 1.54) is 18.9 Å². The smallest absolute Gasteiger partial charge is 0.337 e. The van der Waals surface area contributed by atoms with E-state index in [-0.39, 0.29) is 5.91 Å². The third kappa shape index (κ3) is 4.34. The molecule has 3 rings (SSSR count). The predicted molar refractivity (Wildman–Crippen MR) is 108 cm³/mol. The van der Waals surface area contributed by atoms with Crippen molar-refractivity contribution in [2.45, 2.75) is 0 Å². The number of benzene rings is 2. The third-order valence-corrected chi connectivity index (χ3v) is 4.80. The summed E-state index contributed by atoms with van der Waals surface area (Å²) in [4.78, 5) is 28.7. The highest BCUT2D eigenvalue weighted by atomic mass is 32.2. The number of carbonyl (C=O) groups is 2. The number of esters is 1. The fraction of sp³-hybridized carbons (Fsp3) is 0.150. The molecule has 1 heterocycles. The Morgan fingerprint density at radius 1 is 1.07 bits per heavy atom. The monoisotopic (exact) mass is 398 g/mol. The van der Waals surface area contributed by atoms with Gasteiger partial charge in [-0.3, -0.25) is 4.79 Å². The van der Waals surface area contributed by atoms with Crippen molar-refractivity contribution in [2.24, 2.45) is 4.99 Å². The van der Waals surface area contributed by atoms with Crippen LogP contribution in [0.15, 0.2) is 52.4 Å². The molecule has 7 nitrogen and oxygen atoms in total. The summed E-state index contributed by atoms with van der Waals surface area (Å²) in [5.41, 5.74) is 1.81. The topological polar surface area (TPSA) is 86.2 Å². The average Bonchev–Trinajstić information content (AvgIpc) is 3.06. The molecule has 0 aliphatic carbocycles. The lowest BCUT2D eigenvalue weighted by Crippen LogP contribution is -2.19. The summed E-state index contributed by atoms with van der Waals surface area (Å²) in [5.74, 6) is 0.542. The lowest BCUT2D eigenvalue weighted by atomic mass is 10.1. The Bertz CT molecular complexity index is 967. The van der Waals surface area contributed by atoms with Crippen LogP contribution in [0, 0.1) is 0 Å². The number of rotatable bonds is 5. The maximum absolute atomic E-state index is 12.2. The zero-order chi connectivity index (χ0) is 20.1. The van der Waals surface area contributed by atoms with E-state index in [0.717, 1.165) is 5.56 Å². The number of ether oxygens (including phenoxy) is 3. The van der Waals surface area contributed by atoms with Crippen LogP contribution in [0.25, 0.3) is 6.08 Å². The summed E-state index contributed by atoms with van der Waals surface area (Å²) < 4.78 is 15.2. The predicted octanol–water partition coefficient (Wildman–Crippen LogP) is 3.38. The van der Waals surface area contributed by atoms with Gasteiger partial charge in [0.25, 0.3) is 5.91 Å². The minimum absolute atomic E-state index is 0.242. The molecule has 1 N–H and O–H groups in total. The van der Waals surface area contributed by atoms with E-state index in [0.29, 0.717) is 32.8 Å². The van der Waals surface area contributed by atoms with Gasteiger partial charge in [0.1, 0.15) is 17.2 Å². The van der Waals surface area contributed by atoms with Crippen molar-refractivity contribution in [3.05, 3.63) is 58.5 Å². The van der Waals surface area contributed by atoms with E-state index in [1.54, 1.807) is 62.8 Å². The quantitative estimate of drug-likeness (QED) is 0.614. The molecule has 0 spiro atoms. The number of amidine groups is 1. The van der Waals surface area contributed by atoms with Crippen molar-refractivity contribution in [2.75, 3.05) is 21.3 Å². The van der Waals surface area contributed by atoms with Crippen LogP contribution >= 0.6 is 11.8 Å². The Labute approximate surface area is 166 Å². The van der Waals surface area contributed by atoms with Crippen molar-refractivity contribution in [3.63, 3.8) is 0 Å². The van der Waals surface area contributed by atoms with Gasteiger partial charge in [-0.05, 0) is 47.7 Å². The number of carbonyl (C=O) groups excluding carboxylic acids is 2. The van der Waals surface area contributed by atoms with Crippen LogP contribution in [-0.2, 0) is 9.53 Å². The first kappa shape index (κ1) is 19.5. The van der Waals surface area contributed by atoms with Crippen LogP contribution in [0.4, 0.5) is 5.69 Å². The summed E-state index contributed by atoms with van der Waals surface area (Å²) in [7, 11) is 4.45. The van der Waals surface area contributed by atoms with Crippen LogP contribution in [-0.4, -0.2) is 38.4 Å². The van der Waals surface area contributed by atoms with Crippen molar-refractivity contribution in [3.8, 4) is 11.5 Å². The van der Waals surface area contributed by atoms with Gasteiger partial charge in [0.05, 0.1) is 31.8 Å². The number of hydrogen-bond donors (Lipinski definition) is 1. The summed E-state index contributed by atoms with van der Waals surface area (Å²) in [6.45, 7) is 0. The second-order valence-corrected chi connectivity index (χ2v) is 6.66. The number of thioether (sulfide) groups is 1. The lowest BCUT2D eigenvalue weighted by Gasteiger charge is -2.07. The Balaban J connectivity index is 1.80. The highest BCUT2D eigenvalue weighted by Crippen LogP contribution is 2.34. The maximum atomic E-state index is 12.2. The molecular formula is C20H18N2O5S. The van der Waals surface area contributed by atoms with Crippen LogP contribution in [0.2, 0.25) is 0 Å². The van der Waals surface area contributed by atoms with Gasteiger partial charge in [-0.15, -0.1) is 0 Å². The van der Waals surface area contributed by atoms with E-state index >= 15 is 0 Å². The molecule has 0 radical (unpaired) electrons. The van der Waals surface area contributed by atoms with Gasteiger partial charge < -0.3 is 19.5 Å². The molecule has 28 heavy (non-hydrogen) atoms. The first-order chi connectivity index (χ1) is 13.5. The maximum Gasteiger partial charge on any atom is 0.337 e. The van der Waals surface area contributed by atoms with Gasteiger partial charge in [-0.1, -0.05) is 12.1 Å². The number of amides is 1. The van der Waals surface area contributed by atoms with Gasteiger partial charge in [0, 0.05) is 6.07 Å². The van der Waals surface area contributed by atoms with E-state index in [4.69, 9.17) is 9.47 Å². The second kappa shape index (κ2) is 8.62. The van der Waals surface area contributed by atoms with Gasteiger partial charge >= 0.3 is 5.97 Å². The first-order valence-electron chi connectivity index (χ1n) is 8.24. The molecule has 0 atom stereocenters. The number of methoxy groups -OCH3 is 3. The SMILES string of the molecule is COC(=O)c1ccc(/C=C2\SC(=Nc3ccc(OC)cc3OC)NC2=O)cc1. The Hall–Kier alpha value is -3.26. The van der Waals surface area contributed by atoms with Crippen molar-refractivity contribution in [1.29, 1.82) is 0 Å². The molecular weight excluding hydrogens is 380 g/mol. The summed E-state index contributed by atoms with van der Waals surface area (Å²) in [6, 6.07) is 12.0. The van der Waals surface area contributed by atoms with Gasteiger partial charge in [0.15, 0.2) is 5.17 Å². The molecule has 1 amide bonds. The molecule has 0 aromatic heterocycles. The molecule has 1 aliphatic heterocycles. The Morgan fingerprint density at radius 3 is 2.46 bits per heavy atom. The molecule has 2 aromatic rings. The molecule has 1 aliphatic rings. The van der Waals surface area contributed by atoms with E-state index in [2.05, 4.69) is 15.0 Å². The summed E-state index contributed by atoms with van der Waals surface area (Å²) in [6.07, 6.45) is 1.73. The van der Waals surface area contributed by atoms with E-state index in [9.17, 15) is 9.59 Å². The Kier molecular flexibility index (Phi) is 6.00. The fourth-order valence-electron chi connectivity index (χ4n) is 2.45. The highest BCUT2D eigenvalue weighted by molar-refractivity contribution is 8.18.